The predicted octanol–water partition coefficient (Wildman–Crippen LogP) is 2.06. The van der Waals surface area contributed by atoms with Crippen LogP contribution in [-0.2, 0) is 9.84 Å². The Kier molecular flexibility index (Phi) is 4.39. The van der Waals surface area contributed by atoms with Gasteiger partial charge in [-0.25, -0.2) is 8.42 Å². The zero-order valence-corrected chi connectivity index (χ0v) is 13.3. The number of sulfone groups is 1. The summed E-state index contributed by atoms with van der Waals surface area (Å²) in [5, 5.41) is 3.47. The summed E-state index contributed by atoms with van der Waals surface area (Å²) < 4.78 is 24.0. The van der Waals surface area contributed by atoms with Crippen LogP contribution in [-0.4, -0.2) is 39.3 Å². The Hall–Kier alpha value is -1.07. The average Bonchev–Trinajstić information content (AvgIpc) is 2.38. The molecule has 0 bridgehead atoms. The maximum Gasteiger partial charge on any atom is 0.178 e. The van der Waals surface area contributed by atoms with Gasteiger partial charge in [-0.2, -0.15) is 0 Å². The lowest BCUT2D eigenvalue weighted by atomic mass is 10.0. The van der Waals surface area contributed by atoms with E-state index >= 15 is 0 Å². The first-order valence-electron chi connectivity index (χ1n) is 7.17. The van der Waals surface area contributed by atoms with Gasteiger partial charge in [-0.3, -0.25) is 0 Å². The van der Waals surface area contributed by atoms with Crippen molar-refractivity contribution in [2.24, 2.45) is 0 Å². The molecule has 4 nitrogen and oxygen atoms in total. The largest absolute Gasteiger partial charge is 0.368 e. The molecule has 1 aliphatic rings. The van der Waals surface area contributed by atoms with Crippen LogP contribution >= 0.6 is 0 Å². The van der Waals surface area contributed by atoms with Crippen LogP contribution in [0.2, 0.25) is 0 Å². The van der Waals surface area contributed by atoms with Crippen molar-refractivity contribution in [1.29, 1.82) is 0 Å². The van der Waals surface area contributed by atoms with E-state index in [0.717, 1.165) is 25.3 Å². The highest BCUT2D eigenvalue weighted by Crippen LogP contribution is 2.22. The van der Waals surface area contributed by atoms with Crippen molar-refractivity contribution in [3.05, 3.63) is 24.3 Å². The summed E-state index contributed by atoms with van der Waals surface area (Å²) in [6.07, 6.45) is 0.649. The molecule has 1 N–H and O–H groups in total. The first kappa shape index (κ1) is 15.3. The molecule has 0 spiro atoms. The molecule has 20 heavy (non-hydrogen) atoms. The van der Waals surface area contributed by atoms with Gasteiger partial charge in [-0.1, -0.05) is 6.92 Å². The molecule has 112 valence electrons. The van der Waals surface area contributed by atoms with Gasteiger partial charge in [0.2, 0.25) is 0 Å². The van der Waals surface area contributed by atoms with Gasteiger partial charge in [0.15, 0.2) is 9.84 Å². The smallest absolute Gasteiger partial charge is 0.178 e. The second-order valence-electron chi connectivity index (χ2n) is 6.04. The number of anilines is 1. The minimum absolute atomic E-state index is 0.0885. The average molecular weight is 296 g/mol. The van der Waals surface area contributed by atoms with Crippen LogP contribution in [0.4, 0.5) is 5.69 Å². The van der Waals surface area contributed by atoms with Crippen LogP contribution in [0.1, 0.15) is 27.2 Å². The number of piperazine rings is 1. The number of benzene rings is 1. The molecule has 0 unspecified atom stereocenters. The van der Waals surface area contributed by atoms with Crippen molar-refractivity contribution < 1.29 is 8.42 Å². The molecule has 0 aromatic heterocycles. The van der Waals surface area contributed by atoms with E-state index in [0.29, 0.717) is 11.3 Å². The minimum atomic E-state index is -3.11. The lowest BCUT2D eigenvalue weighted by molar-refractivity contribution is 0.353. The summed E-state index contributed by atoms with van der Waals surface area (Å²) in [6.45, 7) is 9.06. The Labute approximate surface area is 122 Å². The normalized spacial score (nSPS) is 19.1. The molecule has 1 aromatic carbocycles. The van der Waals surface area contributed by atoms with Gasteiger partial charge in [0.1, 0.15) is 0 Å². The minimum Gasteiger partial charge on any atom is -0.368 e. The van der Waals surface area contributed by atoms with Crippen LogP contribution in [0.3, 0.4) is 0 Å². The molecule has 1 saturated heterocycles. The van der Waals surface area contributed by atoms with Crippen molar-refractivity contribution in [3.63, 3.8) is 0 Å². The molecule has 2 rings (SSSR count). The zero-order valence-electron chi connectivity index (χ0n) is 12.5. The molecule has 1 aliphatic heterocycles. The molecule has 0 amide bonds. The summed E-state index contributed by atoms with van der Waals surface area (Å²) in [4.78, 5) is 2.73. The highest BCUT2D eigenvalue weighted by molar-refractivity contribution is 7.91. The lowest BCUT2D eigenvalue weighted by Crippen LogP contribution is -2.57. The van der Waals surface area contributed by atoms with Crippen LogP contribution in [0, 0.1) is 0 Å². The molecule has 1 aromatic rings. The SMILES string of the molecule is CCCS(=O)(=O)c1ccc(N2CCNC(C)(C)C2)cc1. The number of nitrogens with one attached hydrogen (secondary N) is 1. The van der Waals surface area contributed by atoms with Crippen molar-refractivity contribution in [1.82, 2.24) is 5.32 Å². The van der Waals surface area contributed by atoms with Crippen molar-refractivity contribution in [2.75, 3.05) is 30.3 Å². The lowest BCUT2D eigenvalue weighted by Gasteiger charge is -2.40. The first-order chi connectivity index (χ1) is 9.34. The van der Waals surface area contributed by atoms with Gasteiger partial charge in [0.25, 0.3) is 0 Å². The molecule has 0 aliphatic carbocycles. The highest BCUT2D eigenvalue weighted by Gasteiger charge is 2.25. The summed E-state index contributed by atoms with van der Waals surface area (Å²) in [5.41, 5.74) is 1.18. The van der Waals surface area contributed by atoms with Crippen LogP contribution < -0.4 is 10.2 Å². The Morgan fingerprint density at radius 1 is 1.25 bits per heavy atom. The van der Waals surface area contributed by atoms with Gasteiger partial charge >= 0.3 is 0 Å². The van der Waals surface area contributed by atoms with E-state index in [1.54, 1.807) is 12.1 Å². The van der Waals surface area contributed by atoms with Crippen molar-refractivity contribution >= 4 is 15.5 Å². The third kappa shape index (κ3) is 3.52. The fourth-order valence-corrected chi connectivity index (χ4v) is 3.94. The predicted molar refractivity (Wildman–Crippen MR) is 83.1 cm³/mol. The third-order valence-electron chi connectivity index (χ3n) is 3.61. The maximum absolute atomic E-state index is 12.0. The quantitative estimate of drug-likeness (QED) is 0.924. The summed E-state index contributed by atoms with van der Waals surface area (Å²) in [5.74, 6) is 0.215. The Morgan fingerprint density at radius 2 is 1.90 bits per heavy atom. The van der Waals surface area contributed by atoms with E-state index in [1.165, 1.54) is 0 Å². The van der Waals surface area contributed by atoms with E-state index in [9.17, 15) is 8.42 Å². The fraction of sp³-hybridized carbons (Fsp3) is 0.600. The summed E-state index contributed by atoms with van der Waals surface area (Å²) >= 11 is 0. The van der Waals surface area contributed by atoms with Crippen molar-refractivity contribution in [2.45, 2.75) is 37.6 Å². The number of rotatable bonds is 4. The Bertz CT molecular complexity index is 550. The Morgan fingerprint density at radius 3 is 2.45 bits per heavy atom. The first-order valence-corrected chi connectivity index (χ1v) is 8.82. The van der Waals surface area contributed by atoms with Crippen LogP contribution in [0.15, 0.2) is 29.2 Å². The summed E-state index contributed by atoms with van der Waals surface area (Å²) in [6, 6.07) is 7.30. The fourth-order valence-electron chi connectivity index (χ4n) is 2.61. The van der Waals surface area contributed by atoms with E-state index < -0.39 is 9.84 Å². The van der Waals surface area contributed by atoms with Crippen LogP contribution in [0.5, 0.6) is 0 Å². The molecule has 0 saturated carbocycles. The standard InChI is InChI=1S/C15H24N2O2S/c1-4-11-20(18,19)14-7-5-13(6-8-14)17-10-9-16-15(2,3)12-17/h5-8,16H,4,9-12H2,1-3H3. The third-order valence-corrected chi connectivity index (χ3v) is 5.54. The topological polar surface area (TPSA) is 49.4 Å². The van der Waals surface area contributed by atoms with Crippen LogP contribution in [0.25, 0.3) is 0 Å². The zero-order chi connectivity index (χ0) is 14.8. The van der Waals surface area contributed by atoms with Gasteiger partial charge in [0.05, 0.1) is 10.6 Å². The molecule has 5 heteroatoms. The maximum atomic E-state index is 12.0. The summed E-state index contributed by atoms with van der Waals surface area (Å²) in [7, 11) is -3.11. The van der Waals surface area contributed by atoms with E-state index in [1.807, 2.05) is 19.1 Å². The number of hydrogen-bond acceptors (Lipinski definition) is 4. The van der Waals surface area contributed by atoms with Gasteiger partial charge in [-0.05, 0) is 44.5 Å². The van der Waals surface area contributed by atoms with E-state index in [-0.39, 0.29) is 11.3 Å². The monoisotopic (exact) mass is 296 g/mol. The number of nitrogens with zero attached hydrogens (tertiary/aromatic N) is 1. The molecular formula is C15H24N2O2S. The van der Waals surface area contributed by atoms with Gasteiger partial charge in [-0.15, -0.1) is 0 Å². The molecule has 0 radical (unpaired) electrons. The Balaban J connectivity index is 2.16. The second kappa shape index (κ2) is 5.74. The van der Waals surface area contributed by atoms with Crippen molar-refractivity contribution in [3.8, 4) is 0 Å². The molecular weight excluding hydrogens is 272 g/mol. The number of hydrogen-bond donors (Lipinski definition) is 1. The van der Waals surface area contributed by atoms with Gasteiger partial charge in [0, 0.05) is 30.9 Å². The molecule has 1 fully saturated rings. The second-order valence-corrected chi connectivity index (χ2v) is 8.15. The molecule has 0 atom stereocenters. The highest BCUT2D eigenvalue weighted by atomic mass is 32.2. The van der Waals surface area contributed by atoms with Gasteiger partial charge < -0.3 is 10.2 Å². The van der Waals surface area contributed by atoms with E-state index in [2.05, 4.69) is 24.1 Å². The van der Waals surface area contributed by atoms with E-state index in [4.69, 9.17) is 0 Å². The molecule has 1 heterocycles.